The van der Waals surface area contributed by atoms with Gasteiger partial charge in [-0.05, 0) is 68.5 Å². The number of nitrogens with one attached hydrogen (secondary N) is 3. The summed E-state index contributed by atoms with van der Waals surface area (Å²) in [6, 6.07) is 28.4. The van der Waals surface area contributed by atoms with Crippen molar-refractivity contribution < 1.29 is 28.6 Å². The monoisotopic (exact) mass is 623 g/mol. The number of hydrogen-bond donors (Lipinski definition) is 3. The second kappa shape index (κ2) is 15.0. The molecule has 0 saturated carbocycles. The Labute approximate surface area is 266 Å². The van der Waals surface area contributed by atoms with Crippen LogP contribution in [-0.2, 0) is 9.59 Å². The van der Waals surface area contributed by atoms with E-state index in [4.69, 9.17) is 14.2 Å². The predicted molar refractivity (Wildman–Crippen MR) is 176 cm³/mol. The number of thioether (sulfide) groups is 1. The van der Waals surface area contributed by atoms with Crippen LogP contribution in [0.4, 0.5) is 11.4 Å². The lowest BCUT2D eigenvalue weighted by atomic mass is 10.1. The van der Waals surface area contributed by atoms with Gasteiger partial charge in [0.15, 0.2) is 11.5 Å². The van der Waals surface area contributed by atoms with Gasteiger partial charge in [0.05, 0.1) is 11.9 Å². The van der Waals surface area contributed by atoms with Crippen molar-refractivity contribution in [3.63, 3.8) is 0 Å². The quantitative estimate of drug-likeness (QED) is 0.131. The van der Waals surface area contributed by atoms with Gasteiger partial charge >= 0.3 is 0 Å². The number of carbonyl (C=O) groups excluding carboxylic acids is 3. The molecule has 230 valence electrons. The van der Waals surface area contributed by atoms with E-state index in [9.17, 15) is 14.4 Å². The lowest BCUT2D eigenvalue weighted by Crippen LogP contribution is -2.30. The Kier molecular flexibility index (Phi) is 10.4. The third-order valence-electron chi connectivity index (χ3n) is 6.63. The minimum absolute atomic E-state index is 0.0428. The largest absolute Gasteiger partial charge is 0.493 e. The van der Waals surface area contributed by atoms with E-state index in [0.29, 0.717) is 59.6 Å². The molecular weight excluding hydrogens is 590 g/mol. The van der Waals surface area contributed by atoms with Crippen molar-refractivity contribution in [1.82, 2.24) is 5.32 Å². The van der Waals surface area contributed by atoms with Crippen molar-refractivity contribution >= 4 is 46.9 Å². The van der Waals surface area contributed by atoms with Crippen molar-refractivity contribution in [1.29, 1.82) is 0 Å². The third-order valence-corrected chi connectivity index (χ3v) is 7.72. The van der Waals surface area contributed by atoms with E-state index in [-0.39, 0.29) is 11.6 Å². The van der Waals surface area contributed by atoms with Gasteiger partial charge in [-0.15, -0.1) is 11.8 Å². The molecule has 0 fully saturated rings. The molecule has 0 radical (unpaired) electrons. The van der Waals surface area contributed by atoms with E-state index in [1.54, 1.807) is 79.7 Å². The van der Waals surface area contributed by atoms with Gasteiger partial charge in [-0.3, -0.25) is 14.4 Å². The summed E-state index contributed by atoms with van der Waals surface area (Å²) >= 11 is 1.35. The van der Waals surface area contributed by atoms with Crippen LogP contribution in [0, 0.1) is 0 Å². The van der Waals surface area contributed by atoms with Crippen LogP contribution in [0.1, 0.15) is 29.8 Å². The van der Waals surface area contributed by atoms with Gasteiger partial charge in [-0.2, -0.15) is 0 Å². The first kappa shape index (κ1) is 31.2. The van der Waals surface area contributed by atoms with Crippen molar-refractivity contribution in [2.24, 2.45) is 0 Å². The Balaban J connectivity index is 1.29. The summed E-state index contributed by atoms with van der Waals surface area (Å²) in [5, 5.41) is 8.11. The van der Waals surface area contributed by atoms with Gasteiger partial charge in [0.1, 0.15) is 24.7 Å². The number of benzene rings is 4. The van der Waals surface area contributed by atoms with Crippen molar-refractivity contribution in [2.45, 2.75) is 24.0 Å². The molecule has 1 atom stereocenters. The molecule has 3 amide bonds. The zero-order valence-corrected chi connectivity index (χ0v) is 25.7. The van der Waals surface area contributed by atoms with Gasteiger partial charge in [0, 0.05) is 33.5 Å². The molecule has 1 unspecified atom stereocenters. The minimum Gasteiger partial charge on any atom is -0.493 e. The van der Waals surface area contributed by atoms with Crippen LogP contribution in [0.2, 0.25) is 0 Å². The van der Waals surface area contributed by atoms with E-state index < -0.39 is 17.1 Å². The van der Waals surface area contributed by atoms with Gasteiger partial charge < -0.3 is 30.2 Å². The van der Waals surface area contributed by atoms with E-state index >= 15 is 0 Å². The highest BCUT2D eigenvalue weighted by atomic mass is 32.2. The van der Waals surface area contributed by atoms with Gasteiger partial charge in [-0.1, -0.05) is 42.5 Å². The number of rotatable bonds is 11. The smallest absolute Gasteiger partial charge is 0.272 e. The number of carbonyl (C=O) groups is 3. The highest BCUT2D eigenvalue weighted by Crippen LogP contribution is 2.33. The summed E-state index contributed by atoms with van der Waals surface area (Å²) in [6.07, 6.45) is 1.59. The Bertz CT molecular complexity index is 1710. The van der Waals surface area contributed by atoms with Crippen molar-refractivity contribution in [3.05, 3.63) is 114 Å². The van der Waals surface area contributed by atoms with Gasteiger partial charge in [0.2, 0.25) is 5.91 Å². The maximum absolute atomic E-state index is 13.6. The summed E-state index contributed by atoms with van der Waals surface area (Å²) in [5.74, 6) is 0.702. The molecule has 45 heavy (non-hydrogen) atoms. The van der Waals surface area contributed by atoms with Crippen LogP contribution in [0.15, 0.2) is 108 Å². The standard InChI is InChI=1S/C35H33N3O6S/c1-3-42-30-15-8-7-12-25(30)20-29(38-34(40)24-10-5-4-6-11-24)35(41)37-26-13-9-14-28(21-26)45-23(2)33(39)36-27-16-17-31-32(22-27)44-19-18-43-31/h4-17,20-23H,3,18-19H2,1-2H3,(H,36,39)(H,37,41)(H,38,40)/b29-20+. The normalized spacial score (nSPS) is 12.9. The molecule has 0 spiro atoms. The first-order valence-corrected chi connectivity index (χ1v) is 15.4. The molecule has 9 nitrogen and oxygen atoms in total. The highest BCUT2D eigenvalue weighted by molar-refractivity contribution is 8.00. The molecule has 3 N–H and O–H groups in total. The third kappa shape index (κ3) is 8.45. The zero-order valence-electron chi connectivity index (χ0n) is 24.9. The topological polar surface area (TPSA) is 115 Å². The molecular formula is C35H33N3O6S. The first-order chi connectivity index (χ1) is 21.9. The molecule has 0 bridgehead atoms. The second-order valence-corrected chi connectivity index (χ2v) is 11.4. The molecule has 1 aliphatic heterocycles. The Morgan fingerprint density at radius 2 is 1.58 bits per heavy atom. The number of ether oxygens (including phenoxy) is 3. The zero-order chi connectivity index (χ0) is 31.6. The SMILES string of the molecule is CCOc1ccccc1/C=C(/NC(=O)c1ccccc1)C(=O)Nc1cccc(SC(C)C(=O)Nc2ccc3c(c2)OCCO3)c1. The highest BCUT2D eigenvalue weighted by Gasteiger charge is 2.19. The van der Waals surface area contributed by atoms with Crippen LogP contribution in [0.3, 0.4) is 0 Å². The summed E-state index contributed by atoms with van der Waals surface area (Å²) < 4.78 is 16.9. The van der Waals surface area contributed by atoms with Crippen LogP contribution in [-0.4, -0.2) is 42.8 Å². The molecule has 5 rings (SSSR count). The van der Waals surface area contributed by atoms with E-state index in [0.717, 1.165) is 4.90 Å². The second-order valence-electron chi connectivity index (χ2n) is 9.94. The molecule has 4 aromatic rings. The molecule has 0 saturated heterocycles. The molecule has 0 aromatic heterocycles. The minimum atomic E-state index is -0.517. The van der Waals surface area contributed by atoms with E-state index in [1.807, 2.05) is 37.3 Å². The van der Waals surface area contributed by atoms with Crippen LogP contribution < -0.4 is 30.2 Å². The number of fused-ring (bicyclic) bond motifs is 1. The molecule has 4 aromatic carbocycles. The van der Waals surface area contributed by atoms with E-state index in [2.05, 4.69) is 16.0 Å². The first-order valence-electron chi connectivity index (χ1n) is 14.5. The summed E-state index contributed by atoms with van der Waals surface area (Å²) in [5.41, 5.74) is 2.21. The Hall–Kier alpha value is -5.22. The maximum Gasteiger partial charge on any atom is 0.272 e. The molecule has 0 aliphatic carbocycles. The summed E-state index contributed by atoms with van der Waals surface area (Å²) in [4.78, 5) is 40.4. The number of hydrogen-bond acceptors (Lipinski definition) is 7. The Morgan fingerprint density at radius 3 is 2.38 bits per heavy atom. The molecule has 10 heteroatoms. The summed E-state index contributed by atoms with van der Waals surface area (Å²) in [6.45, 7) is 5.08. The molecule has 1 heterocycles. The number of amides is 3. The van der Waals surface area contributed by atoms with Gasteiger partial charge in [0.25, 0.3) is 11.8 Å². The number of anilines is 2. The van der Waals surface area contributed by atoms with Crippen LogP contribution in [0.5, 0.6) is 17.2 Å². The lowest BCUT2D eigenvalue weighted by Gasteiger charge is -2.19. The average Bonchev–Trinajstić information content (AvgIpc) is 3.06. The van der Waals surface area contributed by atoms with Gasteiger partial charge in [-0.25, -0.2) is 0 Å². The lowest BCUT2D eigenvalue weighted by molar-refractivity contribution is -0.115. The van der Waals surface area contributed by atoms with Crippen molar-refractivity contribution in [3.8, 4) is 17.2 Å². The fraction of sp³-hybridized carbons (Fsp3) is 0.171. The number of para-hydroxylation sites is 1. The van der Waals surface area contributed by atoms with Crippen molar-refractivity contribution in [2.75, 3.05) is 30.5 Å². The van der Waals surface area contributed by atoms with E-state index in [1.165, 1.54) is 11.8 Å². The fourth-order valence-electron chi connectivity index (χ4n) is 4.45. The maximum atomic E-state index is 13.6. The predicted octanol–water partition coefficient (Wildman–Crippen LogP) is 6.39. The average molecular weight is 624 g/mol. The van der Waals surface area contributed by atoms with Crippen LogP contribution in [0.25, 0.3) is 6.08 Å². The van der Waals surface area contributed by atoms with Crippen LogP contribution >= 0.6 is 11.8 Å². The summed E-state index contributed by atoms with van der Waals surface area (Å²) in [7, 11) is 0. The Morgan fingerprint density at radius 1 is 0.844 bits per heavy atom. The molecule has 1 aliphatic rings. The fourth-order valence-corrected chi connectivity index (χ4v) is 5.38.